The minimum Gasteiger partial charge on any atom is -0.310 e. The molecule has 0 amide bonds. The Bertz CT molecular complexity index is 226. The third-order valence-corrected chi connectivity index (χ3v) is 4.70. The number of hydrogen-bond donors (Lipinski definition) is 1. The Morgan fingerprint density at radius 3 is 2.50 bits per heavy atom. The molecule has 3 unspecified atom stereocenters. The lowest BCUT2D eigenvalue weighted by Gasteiger charge is -2.32. The van der Waals surface area contributed by atoms with E-state index in [1.807, 2.05) is 11.8 Å². The Labute approximate surface area is 98.5 Å². The number of thioether (sulfide) groups is 1. The van der Waals surface area contributed by atoms with Gasteiger partial charge in [-0.3, -0.25) is 0 Å². The van der Waals surface area contributed by atoms with Crippen molar-refractivity contribution < 1.29 is 13.2 Å². The molecule has 0 spiro atoms. The highest BCUT2D eigenvalue weighted by Crippen LogP contribution is 2.37. The molecule has 0 aromatic heterocycles. The Kier molecular flexibility index (Phi) is 4.06. The molecule has 2 rings (SSSR count). The van der Waals surface area contributed by atoms with Crippen molar-refractivity contribution in [2.75, 3.05) is 11.5 Å². The fourth-order valence-corrected chi connectivity index (χ4v) is 3.80. The van der Waals surface area contributed by atoms with E-state index in [-0.39, 0.29) is 12.5 Å². The van der Waals surface area contributed by atoms with Gasteiger partial charge in [-0.25, -0.2) is 0 Å². The van der Waals surface area contributed by atoms with Gasteiger partial charge in [0.05, 0.1) is 5.92 Å². The van der Waals surface area contributed by atoms with Crippen LogP contribution in [0, 0.1) is 5.92 Å². The first-order chi connectivity index (χ1) is 7.55. The highest BCUT2D eigenvalue weighted by Gasteiger charge is 2.42. The monoisotopic (exact) mass is 253 g/mol. The summed E-state index contributed by atoms with van der Waals surface area (Å²) in [4.78, 5) is 0. The van der Waals surface area contributed by atoms with Gasteiger partial charge in [0.25, 0.3) is 0 Å². The van der Waals surface area contributed by atoms with Crippen LogP contribution in [0.15, 0.2) is 0 Å². The van der Waals surface area contributed by atoms with E-state index >= 15 is 0 Å². The molecule has 1 heterocycles. The van der Waals surface area contributed by atoms with E-state index in [2.05, 4.69) is 5.32 Å². The van der Waals surface area contributed by atoms with Gasteiger partial charge in [0.2, 0.25) is 0 Å². The number of alkyl halides is 3. The Hall–Kier alpha value is 0.100. The maximum Gasteiger partial charge on any atom is 0.391 e. The van der Waals surface area contributed by atoms with Crippen molar-refractivity contribution >= 4 is 11.8 Å². The third-order valence-electron chi connectivity index (χ3n) is 3.54. The maximum atomic E-state index is 12.6. The van der Waals surface area contributed by atoms with E-state index in [0.29, 0.717) is 18.9 Å². The van der Waals surface area contributed by atoms with Gasteiger partial charge in [-0.2, -0.15) is 24.9 Å². The van der Waals surface area contributed by atoms with Crippen LogP contribution >= 0.6 is 11.8 Å². The number of nitrogens with one attached hydrogen (secondary N) is 1. The fourth-order valence-electron chi connectivity index (χ4n) is 2.64. The molecular weight excluding hydrogens is 235 g/mol. The van der Waals surface area contributed by atoms with E-state index in [4.69, 9.17) is 0 Å². The summed E-state index contributed by atoms with van der Waals surface area (Å²) in [5, 5.41) is 3.40. The van der Waals surface area contributed by atoms with E-state index < -0.39 is 12.1 Å². The standard InChI is InChI=1S/C11H18F3NS/c12-11(13,14)8-2-1-3-9(6-8)15-10-4-5-16-7-10/h8-10,15H,1-7H2. The molecule has 1 N–H and O–H groups in total. The van der Waals surface area contributed by atoms with Crippen LogP contribution in [0.2, 0.25) is 0 Å². The predicted octanol–water partition coefficient (Wildman–Crippen LogP) is 3.20. The van der Waals surface area contributed by atoms with Crippen molar-refractivity contribution in [1.82, 2.24) is 5.32 Å². The lowest BCUT2D eigenvalue weighted by atomic mass is 9.85. The molecule has 3 atom stereocenters. The molecule has 2 fully saturated rings. The van der Waals surface area contributed by atoms with Gasteiger partial charge in [0, 0.05) is 17.8 Å². The van der Waals surface area contributed by atoms with Crippen molar-refractivity contribution in [3.05, 3.63) is 0 Å². The molecule has 0 aromatic rings. The van der Waals surface area contributed by atoms with Gasteiger partial charge in [-0.05, 0) is 31.4 Å². The average Bonchev–Trinajstić information content (AvgIpc) is 2.70. The van der Waals surface area contributed by atoms with Crippen LogP contribution in [-0.4, -0.2) is 29.8 Å². The summed E-state index contributed by atoms with van der Waals surface area (Å²) in [5.41, 5.74) is 0. The highest BCUT2D eigenvalue weighted by atomic mass is 32.2. The van der Waals surface area contributed by atoms with Crippen LogP contribution in [0.5, 0.6) is 0 Å². The summed E-state index contributed by atoms with van der Waals surface area (Å²) in [6, 6.07) is 0.533. The second-order valence-electron chi connectivity index (χ2n) is 4.83. The summed E-state index contributed by atoms with van der Waals surface area (Å²) in [6.07, 6.45) is -0.663. The smallest absolute Gasteiger partial charge is 0.310 e. The zero-order chi connectivity index (χ0) is 11.6. The van der Waals surface area contributed by atoms with Gasteiger partial charge >= 0.3 is 6.18 Å². The number of hydrogen-bond acceptors (Lipinski definition) is 2. The summed E-state index contributed by atoms with van der Waals surface area (Å²) in [6.45, 7) is 0. The first-order valence-electron chi connectivity index (χ1n) is 5.96. The molecule has 1 aliphatic carbocycles. The molecule has 0 aromatic carbocycles. The predicted molar refractivity (Wildman–Crippen MR) is 60.7 cm³/mol. The lowest BCUT2D eigenvalue weighted by Crippen LogP contribution is -2.43. The van der Waals surface area contributed by atoms with Crippen LogP contribution < -0.4 is 5.32 Å². The van der Waals surface area contributed by atoms with Crippen molar-refractivity contribution in [3.8, 4) is 0 Å². The summed E-state index contributed by atoms with van der Waals surface area (Å²) < 4.78 is 37.8. The molecule has 2 aliphatic rings. The first-order valence-corrected chi connectivity index (χ1v) is 7.11. The highest BCUT2D eigenvalue weighted by molar-refractivity contribution is 7.99. The molecular formula is C11H18F3NS. The molecule has 0 radical (unpaired) electrons. The summed E-state index contributed by atoms with van der Waals surface area (Å²) >= 11 is 1.89. The van der Waals surface area contributed by atoms with Gasteiger partial charge in [0.1, 0.15) is 0 Å². The minimum atomic E-state index is -4.00. The van der Waals surface area contributed by atoms with Crippen LogP contribution in [0.1, 0.15) is 32.1 Å². The van der Waals surface area contributed by atoms with E-state index in [1.54, 1.807) is 0 Å². The third kappa shape index (κ3) is 3.29. The van der Waals surface area contributed by atoms with Gasteiger partial charge in [-0.15, -0.1) is 0 Å². The Morgan fingerprint density at radius 1 is 1.06 bits per heavy atom. The molecule has 1 saturated heterocycles. The second kappa shape index (κ2) is 5.17. The zero-order valence-corrected chi connectivity index (χ0v) is 10.0. The van der Waals surface area contributed by atoms with Crippen molar-refractivity contribution in [2.24, 2.45) is 5.92 Å². The van der Waals surface area contributed by atoms with E-state index in [0.717, 1.165) is 24.3 Å². The normalized spacial score (nSPS) is 36.6. The zero-order valence-electron chi connectivity index (χ0n) is 9.22. The summed E-state index contributed by atoms with van der Waals surface area (Å²) in [7, 11) is 0. The van der Waals surface area contributed by atoms with Crippen LogP contribution in [0.25, 0.3) is 0 Å². The average molecular weight is 253 g/mol. The lowest BCUT2D eigenvalue weighted by molar-refractivity contribution is -0.183. The second-order valence-corrected chi connectivity index (χ2v) is 5.98. The number of halogens is 3. The van der Waals surface area contributed by atoms with Gasteiger partial charge < -0.3 is 5.32 Å². The Morgan fingerprint density at radius 2 is 1.88 bits per heavy atom. The van der Waals surface area contributed by atoms with Crippen molar-refractivity contribution in [1.29, 1.82) is 0 Å². The van der Waals surface area contributed by atoms with Gasteiger partial charge in [0.15, 0.2) is 0 Å². The fraction of sp³-hybridized carbons (Fsp3) is 1.00. The quantitative estimate of drug-likeness (QED) is 0.811. The van der Waals surface area contributed by atoms with Crippen LogP contribution in [0.4, 0.5) is 13.2 Å². The van der Waals surface area contributed by atoms with E-state index in [9.17, 15) is 13.2 Å². The largest absolute Gasteiger partial charge is 0.391 e. The minimum absolute atomic E-state index is 0.0871. The molecule has 1 aliphatic heterocycles. The molecule has 1 nitrogen and oxygen atoms in total. The SMILES string of the molecule is FC(F)(F)C1CCCC(NC2CCSC2)C1. The van der Waals surface area contributed by atoms with Crippen molar-refractivity contribution in [2.45, 2.75) is 50.4 Å². The van der Waals surface area contributed by atoms with Gasteiger partial charge in [-0.1, -0.05) is 6.42 Å². The van der Waals surface area contributed by atoms with E-state index in [1.165, 1.54) is 0 Å². The Balaban J connectivity index is 1.81. The topological polar surface area (TPSA) is 12.0 Å². The molecule has 1 saturated carbocycles. The first kappa shape index (κ1) is 12.6. The molecule has 94 valence electrons. The van der Waals surface area contributed by atoms with Crippen LogP contribution in [0.3, 0.4) is 0 Å². The summed E-state index contributed by atoms with van der Waals surface area (Å²) in [5.74, 6) is 1.13. The molecule has 16 heavy (non-hydrogen) atoms. The molecule has 0 bridgehead atoms. The van der Waals surface area contributed by atoms with Crippen LogP contribution in [-0.2, 0) is 0 Å². The maximum absolute atomic E-state index is 12.6. The number of rotatable bonds is 2. The molecule has 5 heteroatoms. The van der Waals surface area contributed by atoms with Crippen molar-refractivity contribution in [3.63, 3.8) is 0 Å².